The standard InChI is InChI=1S/C23H30FN3O3S/c1-17(22(28)25-21-8-6-5-7-20(21)24)26-13-15-27(16-14-26)31(29,30)19-11-9-18(10-12-19)23(2,3)4/h5-12,17H,13-16H2,1-4H3,(H,25,28). The zero-order valence-electron chi connectivity index (χ0n) is 18.4. The van der Waals surface area contributed by atoms with E-state index < -0.39 is 21.9 Å². The number of nitrogens with one attached hydrogen (secondary N) is 1. The maximum absolute atomic E-state index is 13.8. The van der Waals surface area contributed by atoms with Gasteiger partial charge in [-0.1, -0.05) is 45.0 Å². The van der Waals surface area contributed by atoms with Crippen LogP contribution in [0, 0.1) is 5.82 Å². The topological polar surface area (TPSA) is 69.7 Å². The monoisotopic (exact) mass is 447 g/mol. The minimum Gasteiger partial charge on any atom is -0.322 e. The molecule has 1 aliphatic heterocycles. The summed E-state index contributed by atoms with van der Waals surface area (Å²) >= 11 is 0. The molecule has 1 unspecified atom stereocenters. The zero-order valence-corrected chi connectivity index (χ0v) is 19.2. The predicted octanol–water partition coefficient (Wildman–Crippen LogP) is 3.46. The van der Waals surface area contributed by atoms with Crippen molar-refractivity contribution in [2.24, 2.45) is 0 Å². The number of carbonyl (C=O) groups is 1. The number of hydrogen-bond acceptors (Lipinski definition) is 4. The molecule has 1 atom stereocenters. The molecule has 0 radical (unpaired) electrons. The van der Waals surface area contributed by atoms with Gasteiger partial charge in [0, 0.05) is 26.2 Å². The summed E-state index contributed by atoms with van der Waals surface area (Å²) in [4.78, 5) is 14.7. The Kier molecular flexibility index (Phi) is 6.83. The lowest BCUT2D eigenvalue weighted by Crippen LogP contribution is -2.53. The fourth-order valence-corrected chi connectivity index (χ4v) is 4.99. The van der Waals surface area contributed by atoms with E-state index >= 15 is 0 Å². The number of sulfonamides is 1. The number of hydrogen-bond donors (Lipinski definition) is 1. The van der Waals surface area contributed by atoms with Crippen LogP contribution in [0.15, 0.2) is 53.4 Å². The lowest BCUT2D eigenvalue weighted by Gasteiger charge is -2.36. The van der Waals surface area contributed by atoms with E-state index in [1.807, 2.05) is 17.0 Å². The van der Waals surface area contributed by atoms with Crippen LogP contribution in [0.25, 0.3) is 0 Å². The molecule has 1 amide bonds. The van der Waals surface area contributed by atoms with Crippen molar-refractivity contribution in [3.8, 4) is 0 Å². The number of para-hydroxylation sites is 1. The zero-order chi connectivity index (χ0) is 22.8. The lowest BCUT2D eigenvalue weighted by atomic mass is 9.87. The van der Waals surface area contributed by atoms with Crippen molar-refractivity contribution in [1.29, 1.82) is 0 Å². The Bertz CT molecular complexity index is 1020. The van der Waals surface area contributed by atoms with Crippen LogP contribution >= 0.6 is 0 Å². The molecular weight excluding hydrogens is 417 g/mol. The third-order valence-electron chi connectivity index (χ3n) is 5.69. The summed E-state index contributed by atoms with van der Waals surface area (Å²) in [6.07, 6.45) is 0. The lowest BCUT2D eigenvalue weighted by molar-refractivity contribution is -0.121. The summed E-state index contributed by atoms with van der Waals surface area (Å²) in [7, 11) is -3.59. The molecule has 0 spiro atoms. The van der Waals surface area contributed by atoms with Gasteiger partial charge in [0.25, 0.3) is 0 Å². The number of benzene rings is 2. The molecule has 0 bridgehead atoms. The number of anilines is 1. The molecule has 0 aliphatic carbocycles. The van der Waals surface area contributed by atoms with Crippen molar-refractivity contribution in [1.82, 2.24) is 9.21 Å². The predicted molar refractivity (Wildman–Crippen MR) is 120 cm³/mol. The highest BCUT2D eigenvalue weighted by Gasteiger charge is 2.32. The van der Waals surface area contributed by atoms with E-state index in [0.717, 1.165) is 5.56 Å². The molecule has 1 aliphatic rings. The van der Waals surface area contributed by atoms with Gasteiger partial charge in [-0.05, 0) is 42.2 Å². The van der Waals surface area contributed by atoms with Gasteiger partial charge in [0.1, 0.15) is 5.82 Å². The van der Waals surface area contributed by atoms with Crippen molar-refractivity contribution in [2.45, 2.75) is 44.0 Å². The fourth-order valence-electron chi connectivity index (χ4n) is 3.57. The summed E-state index contributed by atoms with van der Waals surface area (Å²) < 4.78 is 41.3. The number of rotatable bonds is 5. The van der Waals surface area contributed by atoms with Gasteiger partial charge in [0.2, 0.25) is 15.9 Å². The number of halogens is 1. The first-order chi connectivity index (χ1) is 14.5. The van der Waals surface area contributed by atoms with Crippen LogP contribution in [0.1, 0.15) is 33.3 Å². The quantitative estimate of drug-likeness (QED) is 0.762. The summed E-state index contributed by atoms with van der Waals surface area (Å²) in [5.74, 6) is -0.810. The highest BCUT2D eigenvalue weighted by atomic mass is 32.2. The second-order valence-corrected chi connectivity index (χ2v) is 10.8. The first kappa shape index (κ1) is 23.4. The van der Waals surface area contributed by atoms with Gasteiger partial charge in [0.05, 0.1) is 16.6 Å². The highest BCUT2D eigenvalue weighted by molar-refractivity contribution is 7.89. The van der Waals surface area contributed by atoms with E-state index in [1.165, 1.54) is 16.4 Å². The van der Waals surface area contributed by atoms with Crippen molar-refractivity contribution in [3.63, 3.8) is 0 Å². The number of carbonyl (C=O) groups excluding carboxylic acids is 1. The SMILES string of the molecule is CC(C(=O)Nc1ccccc1F)N1CCN(S(=O)(=O)c2ccc(C(C)(C)C)cc2)CC1. The minimum absolute atomic E-state index is 0.0483. The maximum atomic E-state index is 13.8. The molecule has 2 aromatic carbocycles. The van der Waals surface area contributed by atoms with Crippen LogP contribution in [-0.4, -0.2) is 55.8 Å². The summed E-state index contributed by atoms with van der Waals surface area (Å²) in [5.41, 5.74) is 1.16. The Balaban J connectivity index is 1.61. The molecule has 31 heavy (non-hydrogen) atoms. The third kappa shape index (κ3) is 5.31. The molecule has 3 rings (SSSR count). The van der Waals surface area contributed by atoms with E-state index in [4.69, 9.17) is 0 Å². The smallest absolute Gasteiger partial charge is 0.243 e. The molecule has 8 heteroatoms. The van der Waals surface area contributed by atoms with E-state index in [2.05, 4.69) is 26.1 Å². The molecule has 1 fully saturated rings. The van der Waals surface area contributed by atoms with Crippen LogP contribution in [0.2, 0.25) is 0 Å². The Morgan fingerprint density at radius 2 is 1.58 bits per heavy atom. The van der Waals surface area contributed by atoms with Gasteiger partial charge in [-0.25, -0.2) is 12.8 Å². The van der Waals surface area contributed by atoms with Gasteiger partial charge < -0.3 is 5.32 Å². The second-order valence-electron chi connectivity index (χ2n) is 8.86. The van der Waals surface area contributed by atoms with Gasteiger partial charge in [-0.3, -0.25) is 9.69 Å². The van der Waals surface area contributed by atoms with E-state index in [0.29, 0.717) is 26.2 Å². The first-order valence-electron chi connectivity index (χ1n) is 10.4. The molecule has 1 heterocycles. The van der Waals surface area contributed by atoms with Crippen LogP contribution < -0.4 is 5.32 Å². The molecule has 0 aromatic heterocycles. The van der Waals surface area contributed by atoms with E-state index in [9.17, 15) is 17.6 Å². The molecular formula is C23H30FN3O3S. The summed E-state index contributed by atoms with van der Waals surface area (Å²) in [5, 5.41) is 2.60. The maximum Gasteiger partial charge on any atom is 0.243 e. The molecule has 2 aromatic rings. The van der Waals surface area contributed by atoms with Crippen molar-refractivity contribution in [2.75, 3.05) is 31.5 Å². The number of nitrogens with zero attached hydrogens (tertiary/aromatic N) is 2. The van der Waals surface area contributed by atoms with Crippen LogP contribution in [0.3, 0.4) is 0 Å². The molecule has 168 valence electrons. The Morgan fingerprint density at radius 1 is 1.00 bits per heavy atom. The van der Waals surface area contributed by atoms with Crippen LogP contribution in [0.4, 0.5) is 10.1 Å². The van der Waals surface area contributed by atoms with Gasteiger partial charge in [-0.2, -0.15) is 4.31 Å². The number of piperazine rings is 1. The van der Waals surface area contributed by atoms with Crippen molar-refractivity contribution in [3.05, 3.63) is 59.9 Å². The largest absolute Gasteiger partial charge is 0.322 e. The molecule has 6 nitrogen and oxygen atoms in total. The fraction of sp³-hybridized carbons (Fsp3) is 0.435. The number of amides is 1. The average Bonchev–Trinajstić information content (AvgIpc) is 2.74. The summed E-state index contributed by atoms with van der Waals surface area (Å²) in [6.45, 7) is 9.42. The minimum atomic E-state index is -3.59. The Hall–Kier alpha value is -2.29. The van der Waals surface area contributed by atoms with E-state index in [1.54, 1.807) is 31.2 Å². The second kappa shape index (κ2) is 9.06. The summed E-state index contributed by atoms with van der Waals surface area (Å²) in [6, 6.07) is 12.5. The molecule has 0 saturated carbocycles. The first-order valence-corrected chi connectivity index (χ1v) is 11.8. The Morgan fingerprint density at radius 3 is 2.13 bits per heavy atom. The van der Waals surface area contributed by atoms with Crippen molar-refractivity contribution < 1.29 is 17.6 Å². The third-order valence-corrected chi connectivity index (χ3v) is 7.60. The van der Waals surface area contributed by atoms with Crippen molar-refractivity contribution >= 4 is 21.6 Å². The Labute approximate surface area is 184 Å². The van der Waals surface area contributed by atoms with Crippen LogP contribution in [0.5, 0.6) is 0 Å². The average molecular weight is 448 g/mol. The molecule has 1 N–H and O–H groups in total. The van der Waals surface area contributed by atoms with Gasteiger partial charge in [-0.15, -0.1) is 0 Å². The molecule has 1 saturated heterocycles. The van der Waals surface area contributed by atoms with Crippen LogP contribution in [-0.2, 0) is 20.2 Å². The highest BCUT2D eigenvalue weighted by Crippen LogP contribution is 2.25. The normalized spacial score (nSPS) is 17.3. The van der Waals surface area contributed by atoms with Gasteiger partial charge >= 0.3 is 0 Å². The van der Waals surface area contributed by atoms with E-state index in [-0.39, 0.29) is 21.9 Å². The van der Waals surface area contributed by atoms with Gasteiger partial charge in [0.15, 0.2) is 0 Å².